The number of carbonyl (C=O) groups excluding carboxylic acids is 1. The van der Waals surface area contributed by atoms with E-state index in [-0.39, 0.29) is 11.9 Å². The Bertz CT molecular complexity index is 845. The predicted octanol–water partition coefficient (Wildman–Crippen LogP) is 5.05. The first-order valence-corrected chi connectivity index (χ1v) is 8.41. The summed E-state index contributed by atoms with van der Waals surface area (Å²) >= 11 is 7.79. The van der Waals surface area contributed by atoms with Crippen LogP contribution in [-0.2, 0) is 0 Å². The molecule has 0 bridgehead atoms. The van der Waals surface area contributed by atoms with Crippen LogP contribution in [0.5, 0.6) is 5.75 Å². The third kappa shape index (κ3) is 3.19. The van der Waals surface area contributed by atoms with E-state index in [2.05, 4.69) is 5.32 Å². The Kier molecular flexibility index (Phi) is 4.55. The molecule has 3 rings (SSSR count). The summed E-state index contributed by atoms with van der Waals surface area (Å²) in [5.74, 6) is 0.563. The number of halogens is 1. The Labute approximate surface area is 143 Å². The first kappa shape index (κ1) is 15.8. The van der Waals surface area contributed by atoms with Gasteiger partial charge in [-0.15, -0.1) is 11.3 Å². The van der Waals surface area contributed by atoms with Crippen molar-refractivity contribution in [1.29, 1.82) is 0 Å². The molecule has 0 saturated carbocycles. The van der Waals surface area contributed by atoms with Crippen molar-refractivity contribution in [2.45, 2.75) is 13.0 Å². The van der Waals surface area contributed by atoms with Crippen molar-refractivity contribution in [3.8, 4) is 5.75 Å². The number of hydrogen-bond acceptors (Lipinski definition) is 3. The second-order valence-electron chi connectivity index (χ2n) is 5.21. The van der Waals surface area contributed by atoms with Gasteiger partial charge in [0.2, 0.25) is 0 Å². The van der Waals surface area contributed by atoms with E-state index in [1.807, 2.05) is 55.5 Å². The zero-order chi connectivity index (χ0) is 16.4. The Morgan fingerprint density at radius 1 is 1.22 bits per heavy atom. The maximum atomic E-state index is 12.6. The number of benzene rings is 2. The highest BCUT2D eigenvalue weighted by atomic mass is 35.5. The van der Waals surface area contributed by atoms with Crippen molar-refractivity contribution >= 4 is 38.9 Å². The summed E-state index contributed by atoms with van der Waals surface area (Å²) in [7, 11) is 1.61. The van der Waals surface area contributed by atoms with Crippen molar-refractivity contribution in [3.05, 3.63) is 64.0 Å². The zero-order valence-corrected chi connectivity index (χ0v) is 14.4. The van der Waals surface area contributed by atoms with E-state index in [0.717, 1.165) is 21.4 Å². The van der Waals surface area contributed by atoms with Gasteiger partial charge in [-0.2, -0.15) is 0 Å². The van der Waals surface area contributed by atoms with Crippen LogP contribution in [0.4, 0.5) is 0 Å². The molecule has 1 aromatic heterocycles. The molecule has 2 aromatic carbocycles. The van der Waals surface area contributed by atoms with E-state index < -0.39 is 0 Å². The molecule has 0 saturated heterocycles. The Morgan fingerprint density at radius 2 is 1.96 bits per heavy atom. The minimum atomic E-state index is -0.161. The molecule has 0 spiro atoms. The number of amides is 1. The van der Waals surface area contributed by atoms with Crippen LogP contribution < -0.4 is 10.1 Å². The second-order valence-corrected chi connectivity index (χ2v) is 6.64. The van der Waals surface area contributed by atoms with Crippen LogP contribution in [0.2, 0.25) is 5.02 Å². The maximum absolute atomic E-state index is 12.6. The Balaban J connectivity index is 1.88. The minimum absolute atomic E-state index is 0.0838. The quantitative estimate of drug-likeness (QED) is 0.718. The molecule has 0 aliphatic heterocycles. The summed E-state index contributed by atoms with van der Waals surface area (Å²) in [6, 6.07) is 15.4. The van der Waals surface area contributed by atoms with Gasteiger partial charge in [0.25, 0.3) is 5.91 Å². The third-order valence-electron chi connectivity index (χ3n) is 3.69. The molecule has 1 amide bonds. The van der Waals surface area contributed by atoms with Gasteiger partial charge in [-0.05, 0) is 30.7 Å². The Hall–Kier alpha value is -2.04. The van der Waals surface area contributed by atoms with E-state index in [1.54, 1.807) is 7.11 Å². The molecule has 118 valence electrons. The van der Waals surface area contributed by atoms with Crippen LogP contribution in [0.3, 0.4) is 0 Å². The molecular formula is C18H16ClNO2S. The van der Waals surface area contributed by atoms with E-state index in [0.29, 0.717) is 9.90 Å². The van der Waals surface area contributed by atoms with Gasteiger partial charge in [0, 0.05) is 10.1 Å². The van der Waals surface area contributed by atoms with Crippen LogP contribution in [0.15, 0.2) is 48.5 Å². The van der Waals surface area contributed by atoms with Gasteiger partial charge in [-0.3, -0.25) is 4.79 Å². The normalized spacial score (nSPS) is 12.1. The van der Waals surface area contributed by atoms with Crippen molar-refractivity contribution in [2.24, 2.45) is 0 Å². The SMILES string of the molecule is COc1ccc2sc(C(=O)N[C@H](C)c3ccccc3)c(Cl)c2c1. The average Bonchev–Trinajstić information content (AvgIpc) is 2.92. The fourth-order valence-electron chi connectivity index (χ4n) is 2.41. The van der Waals surface area contributed by atoms with Gasteiger partial charge >= 0.3 is 0 Å². The predicted molar refractivity (Wildman–Crippen MR) is 95.7 cm³/mol. The van der Waals surface area contributed by atoms with E-state index >= 15 is 0 Å². The van der Waals surface area contributed by atoms with E-state index in [9.17, 15) is 4.79 Å². The van der Waals surface area contributed by atoms with Crippen molar-refractivity contribution in [3.63, 3.8) is 0 Å². The molecule has 0 fully saturated rings. The minimum Gasteiger partial charge on any atom is -0.497 e. The molecule has 23 heavy (non-hydrogen) atoms. The van der Waals surface area contributed by atoms with E-state index in [1.165, 1.54) is 11.3 Å². The monoisotopic (exact) mass is 345 g/mol. The molecule has 1 atom stereocenters. The van der Waals surface area contributed by atoms with Gasteiger partial charge in [0.05, 0.1) is 18.2 Å². The highest BCUT2D eigenvalue weighted by Gasteiger charge is 2.19. The third-order valence-corrected chi connectivity index (χ3v) is 5.36. The topological polar surface area (TPSA) is 38.3 Å². The van der Waals surface area contributed by atoms with Gasteiger partial charge < -0.3 is 10.1 Å². The summed E-state index contributed by atoms with van der Waals surface area (Å²) in [6.45, 7) is 1.96. The first-order valence-electron chi connectivity index (χ1n) is 7.22. The number of nitrogens with one attached hydrogen (secondary N) is 1. The number of hydrogen-bond donors (Lipinski definition) is 1. The molecule has 3 aromatic rings. The van der Waals surface area contributed by atoms with Crippen LogP contribution >= 0.6 is 22.9 Å². The van der Waals surface area contributed by atoms with Crippen molar-refractivity contribution < 1.29 is 9.53 Å². The Morgan fingerprint density at radius 3 is 2.65 bits per heavy atom. The lowest BCUT2D eigenvalue weighted by Gasteiger charge is -2.13. The van der Waals surface area contributed by atoms with Crippen LogP contribution in [-0.4, -0.2) is 13.0 Å². The summed E-state index contributed by atoms with van der Waals surface area (Å²) in [5, 5.41) is 4.31. The van der Waals surface area contributed by atoms with Crippen LogP contribution in [0.1, 0.15) is 28.2 Å². The molecule has 0 aliphatic carbocycles. The number of fused-ring (bicyclic) bond motifs is 1. The second kappa shape index (κ2) is 6.60. The molecule has 3 nitrogen and oxygen atoms in total. The number of methoxy groups -OCH3 is 1. The lowest BCUT2D eigenvalue weighted by Crippen LogP contribution is -2.26. The van der Waals surface area contributed by atoms with Gasteiger partial charge in [0.15, 0.2) is 0 Å². The average molecular weight is 346 g/mol. The zero-order valence-electron chi connectivity index (χ0n) is 12.8. The number of ether oxygens (including phenoxy) is 1. The van der Waals surface area contributed by atoms with Gasteiger partial charge in [0.1, 0.15) is 10.6 Å². The van der Waals surface area contributed by atoms with Crippen LogP contribution in [0.25, 0.3) is 10.1 Å². The summed E-state index contributed by atoms with van der Waals surface area (Å²) in [6.07, 6.45) is 0. The van der Waals surface area contributed by atoms with Crippen molar-refractivity contribution in [1.82, 2.24) is 5.32 Å². The summed E-state index contributed by atoms with van der Waals surface area (Å²) in [4.78, 5) is 13.1. The lowest BCUT2D eigenvalue weighted by molar-refractivity contribution is 0.0944. The largest absolute Gasteiger partial charge is 0.497 e. The standard InChI is InChI=1S/C18H16ClNO2S/c1-11(12-6-4-3-5-7-12)20-18(21)17-16(19)14-10-13(22-2)8-9-15(14)23-17/h3-11H,1-2H3,(H,20,21)/t11-/m1/s1. The van der Waals surface area contributed by atoms with Crippen molar-refractivity contribution in [2.75, 3.05) is 7.11 Å². The molecular weight excluding hydrogens is 330 g/mol. The van der Waals surface area contributed by atoms with E-state index in [4.69, 9.17) is 16.3 Å². The number of thiophene rings is 1. The molecule has 5 heteroatoms. The molecule has 0 aliphatic rings. The fourth-order valence-corrected chi connectivity index (χ4v) is 3.80. The summed E-state index contributed by atoms with van der Waals surface area (Å²) in [5.41, 5.74) is 1.06. The number of carbonyl (C=O) groups is 1. The molecule has 0 radical (unpaired) electrons. The molecule has 0 unspecified atom stereocenters. The summed E-state index contributed by atoms with van der Waals surface area (Å²) < 4.78 is 6.18. The maximum Gasteiger partial charge on any atom is 0.263 e. The van der Waals surface area contributed by atoms with Gasteiger partial charge in [-0.1, -0.05) is 41.9 Å². The number of rotatable bonds is 4. The molecule has 1 N–H and O–H groups in total. The fraction of sp³-hybridized carbons (Fsp3) is 0.167. The molecule has 1 heterocycles. The van der Waals surface area contributed by atoms with Crippen LogP contribution in [0, 0.1) is 0 Å². The smallest absolute Gasteiger partial charge is 0.263 e. The lowest BCUT2D eigenvalue weighted by atomic mass is 10.1. The highest BCUT2D eigenvalue weighted by molar-refractivity contribution is 7.21. The van der Waals surface area contributed by atoms with Gasteiger partial charge in [-0.25, -0.2) is 0 Å². The first-order chi connectivity index (χ1) is 11.1. The highest BCUT2D eigenvalue weighted by Crippen LogP contribution is 2.37.